The molecule has 2 N–H and O–H groups in total. The maximum Gasteiger partial charge on any atom is 0.253 e. The molecule has 0 bridgehead atoms. The Labute approximate surface area is 189 Å². The van der Waals surface area contributed by atoms with E-state index in [1.165, 1.54) is 6.07 Å². The molecule has 168 valence electrons. The molecule has 2 amide bonds. The van der Waals surface area contributed by atoms with Gasteiger partial charge in [-0.2, -0.15) is 0 Å². The Kier molecular flexibility index (Phi) is 9.88. The molecule has 8 heteroatoms. The maximum absolute atomic E-state index is 12.8. The fourth-order valence-electron chi connectivity index (χ4n) is 3.54. The number of carbonyl (C=O) groups excluding carboxylic acids is 2. The van der Waals surface area contributed by atoms with Crippen LogP contribution in [0.2, 0.25) is 10.0 Å². The summed E-state index contributed by atoms with van der Waals surface area (Å²) in [6.45, 7) is 12.2. The summed E-state index contributed by atoms with van der Waals surface area (Å²) in [6, 6.07) is 4.02. The molecular formula is C22H33Cl2N3O3. The summed E-state index contributed by atoms with van der Waals surface area (Å²) >= 11 is 12.0. The van der Waals surface area contributed by atoms with Crippen LogP contribution in [0.1, 0.15) is 44.5 Å². The maximum atomic E-state index is 12.8. The number of rotatable bonds is 9. The molecule has 1 aliphatic rings. The largest absolute Gasteiger partial charge is 0.374 e. The monoisotopic (exact) mass is 457 g/mol. The second-order valence-electron chi connectivity index (χ2n) is 8.67. The molecule has 0 aromatic heterocycles. The van der Waals surface area contributed by atoms with E-state index in [2.05, 4.69) is 29.4 Å². The van der Waals surface area contributed by atoms with E-state index in [0.717, 1.165) is 19.6 Å². The third kappa shape index (κ3) is 8.06. The van der Waals surface area contributed by atoms with E-state index < -0.39 is 11.9 Å². The zero-order valence-corrected chi connectivity index (χ0v) is 19.7. The van der Waals surface area contributed by atoms with Crippen molar-refractivity contribution in [3.8, 4) is 0 Å². The van der Waals surface area contributed by atoms with Crippen molar-refractivity contribution in [2.75, 3.05) is 32.8 Å². The first-order valence-corrected chi connectivity index (χ1v) is 11.3. The van der Waals surface area contributed by atoms with Gasteiger partial charge in [0.15, 0.2) is 0 Å². The van der Waals surface area contributed by atoms with Crippen LogP contribution >= 0.6 is 23.2 Å². The summed E-state index contributed by atoms with van der Waals surface area (Å²) in [5, 5.41) is 6.48. The molecular weight excluding hydrogens is 425 g/mol. The molecule has 30 heavy (non-hydrogen) atoms. The van der Waals surface area contributed by atoms with Gasteiger partial charge in [-0.25, -0.2) is 0 Å². The van der Waals surface area contributed by atoms with Gasteiger partial charge in [-0.1, -0.05) is 50.9 Å². The van der Waals surface area contributed by atoms with Crippen molar-refractivity contribution in [3.63, 3.8) is 0 Å². The predicted molar refractivity (Wildman–Crippen MR) is 121 cm³/mol. The molecule has 1 heterocycles. The first kappa shape index (κ1) is 24.9. The van der Waals surface area contributed by atoms with Gasteiger partial charge in [0.2, 0.25) is 5.91 Å². The second-order valence-corrected chi connectivity index (χ2v) is 9.51. The Bertz CT molecular complexity index is 728. The molecule has 1 fully saturated rings. The molecule has 2 unspecified atom stereocenters. The lowest BCUT2D eigenvalue weighted by molar-refractivity contribution is -0.124. The average Bonchev–Trinajstić information content (AvgIpc) is 2.64. The van der Waals surface area contributed by atoms with Gasteiger partial charge in [-0.05, 0) is 36.5 Å². The lowest BCUT2D eigenvalue weighted by atomic mass is 10.0. The normalized spacial score (nSPS) is 18.5. The molecule has 0 radical (unpaired) electrons. The average molecular weight is 458 g/mol. The van der Waals surface area contributed by atoms with Crippen molar-refractivity contribution in [1.29, 1.82) is 0 Å². The van der Waals surface area contributed by atoms with Crippen molar-refractivity contribution in [3.05, 3.63) is 33.8 Å². The smallest absolute Gasteiger partial charge is 0.253 e. The van der Waals surface area contributed by atoms with Gasteiger partial charge in [-0.3, -0.25) is 14.5 Å². The lowest BCUT2D eigenvalue weighted by Crippen LogP contribution is -2.52. The number of hydrogen-bond donors (Lipinski definition) is 2. The molecule has 1 aromatic rings. The summed E-state index contributed by atoms with van der Waals surface area (Å²) in [6.07, 6.45) is 0.468. The molecule has 1 aliphatic heterocycles. The first-order valence-electron chi connectivity index (χ1n) is 10.5. The predicted octanol–water partition coefficient (Wildman–Crippen LogP) is 3.61. The van der Waals surface area contributed by atoms with E-state index in [1.54, 1.807) is 12.1 Å². The Hall–Kier alpha value is -1.34. The zero-order valence-electron chi connectivity index (χ0n) is 18.2. The summed E-state index contributed by atoms with van der Waals surface area (Å²) in [7, 11) is 0. The van der Waals surface area contributed by atoms with Crippen LogP contribution in [0, 0.1) is 11.8 Å². The highest BCUT2D eigenvalue weighted by Gasteiger charge is 2.26. The summed E-state index contributed by atoms with van der Waals surface area (Å²) in [5.41, 5.74) is 0.294. The van der Waals surface area contributed by atoms with Crippen LogP contribution in [-0.2, 0) is 9.53 Å². The third-order valence-corrected chi connectivity index (χ3v) is 5.40. The van der Waals surface area contributed by atoms with Gasteiger partial charge in [0.05, 0.1) is 23.3 Å². The number of nitrogens with one attached hydrogen (secondary N) is 2. The van der Waals surface area contributed by atoms with Crippen LogP contribution in [-0.4, -0.2) is 61.6 Å². The van der Waals surface area contributed by atoms with Crippen molar-refractivity contribution < 1.29 is 14.3 Å². The summed E-state index contributed by atoms with van der Waals surface area (Å²) < 4.78 is 5.80. The van der Waals surface area contributed by atoms with Gasteiger partial charge in [0.1, 0.15) is 6.04 Å². The number of carbonyl (C=O) groups is 2. The number of nitrogens with zero attached hydrogens (tertiary/aromatic N) is 1. The number of benzene rings is 1. The van der Waals surface area contributed by atoms with Crippen molar-refractivity contribution in [1.82, 2.24) is 15.5 Å². The van der Waals surface area contributed by atoms with Gasteiger partial charge in [0, 0.05) is 31.2 Å². The molecule has 2 atom stereocenters. The number of amides is 2. The SMILES string of the molecule is CC(C)CC(NC(=O)c1ccc(Cl)cc1Cl)C(=O)NCC1CN(CC(C)C)CCO1. The quantitative estimate of drug-likeness (QED) is 0.593. The summed E-state index contributed by atoms with van der Waals surface area (Å²) in [4.78, 5) is 27.9. The Balaban J connectivity index is 1.95. The Morgan fingerprint density at radius 2 is 1.93 bits per heavy atom. The number of hydrogen-bond acceptors (Lipinski definition) is 4. The first-order chi connectivity index (χ1) is 14.2. The van der Waals surface area contributed by atoms with Crippen molar-refractivity contribution in [2.24, 2.45) is 11.8 Å². The molecule has 0 aliphatic carbocycles. The fourth-order valence-corrected chi connectivity index (χ4v) is 4.03. The Morgan fingerprint density at radius 1 is 1.20 bits per heavy atom. The lowest BCUT2D eigenvalue weighted by Gasteiger charge is -2.34. The molecule has 2 rings (SSSR count). The highest BCUT2D eigenvalue weighted by molar-refractivity contribution is 6.36. The van der Waals surface area contributed by atoms with Gasteiger partial charge in [0.25, 0.3) is 5.91 Å². The van der Waals surface area contributed by atoms with Crippen LogP contribution in [0.4, 0.5) is 0 Å². The van der Waals surface area contributed by atoms with Crippen molar-refractivity contribution >= 4 is 35.0 Å². The fraction of sp³-hybridized carbons (Fsp3) is 0.636. The highest BCUT2D eigenvalue weighted by Crippen LogP contribution is 2.21. The molecule has 6 nitrogen and oxygen atoms in total. The third-order valence-electron chi connectivity index (χ3n) is 4.85. The molecule has 0 spiro atoms. The minimum Gasteiger partial charge on any atom is -0.374 e. The van der Waals surface area contributed by atoms with E-state index in [-0.39, 0.29) is 23.0 Å². The van der Waals surface area contributed by atoms with Crippen LogP contribution in [0.3, 0.4) is 0 Å². The van der Waals surface area contributed by atoms with E-state index in [9.17, 15) is 9.59 Å². The van der Waals surface area contributed by atoms with Crippen LogP contribution in [0.15, 0.2) is 18.2 Å². The minimum atomic E-state index is -0.653. The topological polar surface area (TPSA) is 70.7 Å². The van der Waals surface area contributed by atoms with E-state index in [0.29, 0.717) is 36.1 Å². The van der Waals surface area contributed by atoms with Crippen LogP contribution in [0.25, 0.3) is 0 Å². The van der Waals surface area contributed by atoms with Gasteiger partial charge < -0.3 is 15.4 Å². The molecule has 1 aromatic carbocycles. The Morgan fingerprint density at radius 3 is 2.57 bits per heavy atom. The minimum absolute atomic E-state index is 0.0532. The van der Waals surface area contributed by atoms with E-state index >= 15 is 0 Å². The van der Waals surface area contributed by atoms with Gasteiger partial charge in [-0.15, -0.1) is 0 Å². The standard InChI is InChI=1S/C22H33Cl2N3O3/c1-14(2)9-20(26-21(28)18-6-5-16(23)10-19(18)24)22(29)25-11-17-13-27(7-8-30-17)12-15(3)4/h5-6,10,14-15,17,20H,7-9,11-13H2,1-4H3,(H,25,29)(H,26,28). The van der Waals surface area contributed by atoms with Gasteiger partial charge >= 0.3 is 0 Å². The summed E-state index contributed by atoms with van der Waals surface area (Å²) in [5.74, 6) is 0.207. The highest BCUT2D eigenvalue weighted by atomic mass is 35.5. The zero-order chi connectivity index (χ0) is 22.3. The number of morpholine rings is 1. The van der Waals surface area contributed by atoms with E-state index in [1.807, 2.05) is 13.8 Å². The van der Waals surface area contributed by atoms with Crippen molar-refractivity contribution in [2.45, 2.75) is 46.3 Å². The molecule has 1 saturated heterocycles. The molecule has 0 saturated carbocycles. The second kappa shape index (κ2) is 11.9. The van der Waals surface area contributed by atoms with Crippen LogP contribution in [0.5, 0.6) is 0 Å². The van der Waals surface area contributed by atoms with E-state index in [4.69, 9.17) is 27.9 Å². The van der Waals surface area contributed by atoms with Crippen LogP contribution < -0.4 is 10.6 Å². The number of halogens is 2. The number of ether oxygens (including phenoxy) is 1.